The van der Waals surface area contributed by atoms with Gasteiger partial charge in [0.15, 0.2) is 0 Å². The van der Waals surface area contributed by atoms with E-state index >= 15 is 0 Å². The monoisotopic (exact) mass is 717 g/mol. The zero-order valence-corrected chi connectivity index (χ0v) is 27.5. The Balaban J connectivity index is 0.000000459. The fourth-order valence-electron chi connectivity index (χ4n) is 4.10. The van der Waals surface area contributed by atoms with Crippen LogP contribution < -0.4 is 0 Å². The Bertz CT molecular complexity index is 1370. The molecule has 3 aliphatic carbocycles. The minimum absolute atomic E-state index is 0. The van der Waals surface area contributed by atoms with Gasteiger partial charge in [-0.15, -0.1) is 0 Å². The van der Waals surface area contributed by atoms with Crippen LogP contribution in [-0.4, -0.2) is 15.3 Å². The molecule has 45 heavy (non-hydrogen) atoms. The average Bonchev–Trinajstić information content (AvgIpc) is 3.88. The summed E-state index contributed by atoms with van der Waals surface area (Å²) in [5, 5.41) is 32.1. The SMILES string of the molecule is OC(=C1C=CC=C1)c1cc(C(O)=C2C=CC=C2)cc(C(O)=C2C=CC=C2)c1.[Fe+2].[Fe].[Fe].c1cc[cH-]c1.c1cc[cH-]c1.c1cc[cH-]c1. The molecule has 0 aliphatic heterocycles. The van der Waals surface area contributed by atoms with E-state index in [1.54, 1.807) is 18.2 Å². The van der Waals surface area contributed by atoms with Crippen LogP contribution in [0.2, 0.25) is 0 Å². The summed E-state index contributed by atoms with van der Waals surface area (Å²) in [5.41, 5.74) is 3.59. The number of benzene rings is 1. The minimum atomic E-state index is 0. The third-order valence-electron chi connectivity index (χ3n) is 6.23. The van der Waals surface area contributed by atoms with Gasteiger partial charge in [-0.1, -0.05) is 72.9 Å². The molecule has 3 N–H and O–H groups in total. The van der Waals surface area contributed by atoms with Crippen molar-refractivity contribution in [3.8, 4) is 0 Å². The first kappa shape index (κ1) is 38.9. The van der Waals surface area contributed by atoms with E-state index in [0.717, 1.165) is 0 Å². The predicted molar refractivity (Wildman–Crippen MR) is 176 cm³/mol. The molecule has 0 heterocycles. The van der Waals surface area contributed by atoms with Crippen molar-refractivity contribution < 1.29 is 66.5 Å². The molecule has 0 spiro atoms. The molecule has 0 radical (unpaired) electrons. The van der Waals surface area contributed by atoms with Crippen LogP contribution in [0.15, 0.2) is 199 Å². The summed E-state index contributed by atoms with van der Waals surface area (Å²) in [6, 6.07) is 35.1. The van der Waals surface area contributed by atoms with Gasteiger partial charge in [-0.25, -0.2) is 36.4 Å². The Hall–Kier alpha value is -4.11. The van der Waals surface area contributed by atoms with E-state index in [-0.39, 0.29) is 68.5 Å². The van der Waals surface area contributed by atoms with E-state index in [1.165, 1.54) is 0 Å². The first-order valence-corrected chi connectivity index (χ1v) is 13.6. The standard InChI is InChI=1S/C24H18O3.3C5H5.3Fe/c25-22(16-7-1-2-8-16)19-13-20(23(26)17-9-3-4-10-17)15-21(14-19)24(27)18-11-5-6-12-18;3*1-2-4-5-3-1;;;/h1-15,25-27H;3*1-5H;;;/q;3*-1;;;+2. The maximum atomic E-state index is 10.7. The number of allylic oxidation sites excluding steroid dienone is 15. The summed E-state index contributed by atoms with van der Waals surface area (Å²) in [5.74, 6) is 0.274. The van der Waals surface area contributed by atoms with Crippen molar-refractivity contribution in [1.82, 2.24) is 0 Å². The van der Waals surface area contributed by atoms with Gasteiger partial charge in [0, 0.05) is 67.5 Å². The van der Waals surface area contributed by atoms with Gasteiger partial charge in [-0.3, -0.25) is 0 Å². The fourth-order valence-corrected chi connectivity index (χ4v) is 4.10. The molecule has 0 unspecified atom stereocenters. The number of hydrogen-bond donors (Lipinski definition) is 3. The van der Waals surface area contributed by atoms with Gasteiger partial charge in [0.2, 0.25) is 0 Å². The van der Waals surface area contributed by atoms with Crippen molar-refractivity contribution in [2.45, 2.75) is 0 Å². The van der Waals surface area contributed by atoms with Crippen molar-refractivity contribution in [2.24, 2.45) is 0 Å². The zero-order chi connectivity index (χ0) is 29.4. The van der Waals surface area contributed by atoms with Gasteiger partial charge in [0.1, 0.15) is 17.3 Å². The zero-order valence-electron chi connectivity index (χ0n) is 24.2. The summed E-state index contributed by atoms with van der Waals surface area (Å²) in [6.45, 7) is 0. The molecule has 0 amide bonds. The second-order valence-corrected chi connectivity index (χ2v) is 9.25. The van der Waals surface area contributed by atoms with Gasteiger partial charge in [0.05, 0.1) is 0 Å². The summed E-state index contributed by atoms with van der Waals surface area (Å²) in [6.07, 6.45) is 21.9. The number of aliphatic hydroxyl groups is 3. The van der Waals surface area contributed by atoms with Crippen LogP contribution in [0.4, 0.5) is 0 Å². The van der Waals surface area contributed by atoms with Gasteiger partial charge in [-0.2, -0.15) is 54.6 Å². The van der Waals surface area contributed by atoms with Crippen molar-refractivity contribution >= 4 is 17.3 Å². The molecule has 3 aliphatic rings. The minimum Gasteiger partial charge on any atom is -0.507 e. The fraction of sp³-hybridized carbons (Fsp3) is 0. The Morgan fingerprint density at radius 2 is 0.578 bits per heavy atom. The maximum Gasteiger partial charge on any atom is 2.00 e. The third kappa shape index (κ3) is 12.4. The van der Waals surface area contributed by atoms with Crippen molar-refractivity contribution in [1.29, 1.82) is 0 Å². The molecule has 0 atom stereocenters. The molecule has 7 rings (SSSR count). The van der Waals surface area contributed by atoms with E-state index in [2.05, 4.69) is 0 Å². The maximum absolute atomic E-state index is 10.7. The largest absolute Gasteiger partial charge is 2.00 e. The molecule has 0 aromatic heterocycles. The normalized spacial score (nSPS) is 12.4. The predicted octanol–water partition coefficient (Wildman–Crippen LogP) is 10.1. The number of aliphatic hydroxyl groups excluding tert-OH is 3. The van der Waals surface area contributed by atoms with Crippen molar-refractivity contribution in [2.75, 3.05) is 0 Å². The molecule has 6 heteroatoms. The summed E-state index contributed by atoms with van der Waals surface area (Å²) < 4.78 is 0. The summed E-state index contributed by atoms with van der Waals surface area (Å²) in [7, 11) is 0. The first-order valence-electron chi connectivity index (χ1n) is 13.6. The van der Waals surface area contributed by atoms with Gasteiger partial charge in [0.25, 0.3) is 0 Å². The molecular weight excluding hydrogens is 684 g/mol. The second kappa shape index (κ2) is 21.6. The number of rotatable bonds is 3. The van der Waals surface area contributed by atoms with E-state index in [9.17, 15) is 15.3 Å². The Morgan fingerprint density at radius 1 is 0.378 bits per heavy atom. The van der Waals surface area contributed by atoms with E-state index in [1.807, 2.05) is 164 Å². The number of hydrogen-bond acceptors (Lipinski definition) is 3. The summed E-state index contributed by atoms with van der Waals surface area (Å²) >= 11 is 0. The van der Waals surface area contributed by atoms with E-state index in [0.29, 0.717) is 33.4 Å². The first-order chi connectivity index (χ1) is 20.6. The van der Waals surface area contributed by atoms with Crippen LogP contribution in [0.3, 0.4) is 0 Å². The van der Waals surface area contributed by atoms with Gasteiger partial charge >= 0.3 is 17.1 Å². The Morgan fingerprint density at radius 3 is 0.733 bits per heavy atom. The molecule has 0 saturated heterocycles. The second-order valence-electron chi connectivity index (χ2n) is 9.25. The molecule has 4 aromatic rings. The van der Waals surface area contributed by atoms with E-state index in [4.69, 9.17) is 0 Å². The van der Waals surface area contributed by atoms with E-state index < -0.39 is 0 Å². The molecule has 4 aromatic carbocycles. The topological polar surface area (TPSA) is 60.7 Å². The molecule has 232 valence electrons. The molecule has 0 bridgehead atoms. The average molecular weight is 717 g/mol. The van der Waals surface area contributed by atoms with Crippen molar-refractivity contribution in [3.63, 3.8) is 0 Å². The van der Waals surface area contributed by atoms with Crippen LogP contribution in [-0.2, 0) is 51.2 Å². The van der Waals surface area contributed by atoms with Crippen LogP contribution in [0, 0.1) is 0 Å². The van der Waals surface area contributed by atoms with Crippen LogP contribution in [0.5, 0.6) is 0 Å². The molecule has 0 saturated carbocycles. The van der Waals surface area contributed by atoms with Gasteiger partial charge in [-0.05, 0) is 18.2 Å². The third-order valence-corrected chi connectivity index (χ3v) is 6.23. The van der Waals surface area contributed by atoms with Crippen LogP contribution in [0.1, 0.15) is 16.7 Å². The Kier molecular flexibility index (Phi) is 18.6. The van der Waals surface area contributed by atoms with Crippen LogP contribution in [0.25, 0.3) is 17.3 Å². The van der Waals surface area contributed by atoms with Crippen LogP contribution >= 0.6 is 0 Å². The summed E-state index contributed by atoms with van der Waals surface area (Å²) in [4.78, 5) is 0. The molecule has 3 nitrogen and oxygen atoms in total. The quantitative estimate of drug-likeness (QED) is 0.112. The smallest absolute Gasteiger partial charge is 0.507 e. The molecular formula is C39H33Fe3O3-. The van der Waals surface area contributed by atoms with Crippen molar-refractivity contribution in [3.05, 3.63) is 216 Å². The van der Waals surface area contributed by atoms with Gasteiger partial charge < -0.3 is 15.3 Å². The Labute approximate surface area is 297 Å². The molecule has 0 fully saturated rings.